The van der Waals surface area contributed by atoms with Crippen LogP contribution in [0.2, 0.25) is 0 Å². The third-order valence-corrected chi connectivity index (χ3v) is 3.85. The molecule has 1 heterocycles. The summed E-state index contributed by atoms with van der Waals surface area (Å²) in [5.74, 6) is 1.53. The van der Waals surface area contributed by atoms with Gasteiger partial charge in [-0.15, -0.1) is 11.8 Å². The molecule has 1 unspecified atom stereocenters. The van der Waals surface area contributed by atoms with Crippen LogP contribution in [0.5, 0.6) is 0 Å². The molecule has 2 nitrogen and oxygen atoms in total. The average molecular weight is 274 g/mol. The first kappa shape index (κ1) is 13.9. The van der Waals surface area contributed by atoms with Crippen molar-refractivity contribution in [1.29, 1.82) is 0 Å². The monoisotopic (exact) mass is 274 g/mol. The summed E-state index contributed by atoms with van der Waals surface area (Å²) in [6, 6.07) is 7.72. The molecule has 3 heteroatoms. The van der Waals surface area contributed by atoms with E-state index in [1.807, 2.05) is 57.2 Å². The van der Waals surface area contributed by atoms with Crippen LogP contribution < -0.4 is 0 Å². The van der Waals surface area contributed by atoms with Gasteiger partial charge in [-0.2, -0.15) is 0 Å². The Morgan fingerprint density at radius 2 is 1.95 bits per heavy atom. The summed E-state index contributed by atoms with van der Waals surface area (Å²) in [6.07, 6.45) is 4.11. The second kappa shape index (κ2) is 6.11. The average Bonchev–Trinajstić information content (AvgIpc) is 2.36. The SMILES string of the molecule is CC1=CC(SCC(=O)c2ccc(C)cc2)=CC(C)O1. The standard InChI is InChI=1S/C16H18O2S/c1-11-4-6-14(7-5-11)16(17)10-19-15-8-12(2)18-13(3)9-15/h4-9,12H,10H2,1-3H3. The minimum Gasteiger partial charge on any atom is -0.491 e. The number of hydrogen-bond donors (Lipinski definition) is 0. The zero-order valence-electron chi connectivity index (χ0n) is 11.5. The molecule has 0 aromatic heterocycles. The summed E-state index contributed by atoms with van der Waals surface area (Å²) >= 11 is 1.57. The van der Waals surface area contributed by atoms with Gasteiger partial charge in [-0.1, -0.05) is 29.8 Å². The van der Waals surface area contributed by atoms with Gasteiger partial charge in [-0.3, -0.25) is 4.79 Å². The number of rotatable bonds is 4. The topological polar surface area (TPSA) is 26.3 Å². The van der Waals surface area contributed by atoms with Gasteiger partial charge in [0.15, 0.2) is 5.78 Å². The van der Waals surface area contributed by atoms with Crippen molar-refractivity contribution in [3.8, 4) is 0 Å². The molecule has 1 aliphatic rings. The van der Waals surface area contributed by atoms with Gasteiger partial charge in [0, 0.05) is 10.5 Å². The number of ketones is 1. The Morgan fingerprint density at radius 3 is 2.58 bits per heavy atom. The lowest BCUT2D eigenvalue weighted by Crippen LogP contribution is -2.09. The van der Waals surface area contributed by atoms with Crippen LogP contribution in [0.1, 0.15) is 29.8 Å². The summed E-state index contributed by atoms with van der Waals surface area (Å²) in [5.41, 5.74) is 1.95. The Kier molecular flexibility index (Phi) is 4.48. The molecule has 0 saturated carbocycles. The zero-order chi connectivity index (χ0) is 13.8. The number of benzene rings is 1. The first-order valence-electron chi connectivity index (χ1n) is 6.34. The molecule has 0 saturated heterocycles. The molecule has 0 amide bonds. The molecule has 2 rings (SSSR count). The van der Waals surface area contributed by atoms with Crippen LogP contribution in [0.3, 0.4) is 0 Å². The van der Waals surface area contributed by atoms with Gasteiger partial charge in [0.25, 0.3) is 0 Å². The van der Waals surface area contributed by atoms with Crippen LogP contribution in [0.4, 0.5) is 0 Å². The predicted molar refractivity (Wildman–Crippen MR) is 80.4 cm³/mol. The Balaban J connectivity index is 1.95. The van der Waals surface area contributed by atoms with E-state index in [9.17, 15) is 4.79 Å². The van der Waals surface area contributed by atoms with Crippen LogP contribution in [-0.4, -0.2) is 17.6 Å². The number of Topliss-reactive ketones (excluding diaryl/α,β-unsaturated/α-hetero) is 1. The molecule has 0 N–H and O–H groups in total. The van der Waals surface area contributed by atoms with Crippen molar-refractivity contribution in [1.82, 2.24) is 0 Å². The Hall–Kier alpha value is -1.48. The maximum atomic E-state index is 12.1. The van der Waals surface area contributed by atoms with Gasteiger partial charge in [-0.25, -0.2) is 0 Å². The highest BCUT2D eigenvalue weighted by Gasteiger charge is 2.12. The van der Waals surface area contributed by atoms with Crippen LogP contribution >= 0.6 is 11.8 Å². The fourth-order valence-electron chi connectivity index (χ4n) is 1.90. The van der Waals surface area contributed by atoms with Crippen molar-refractivity contribution in [2.45, 2.75) is 26.9 Å². The number of carbonyl (C=O) groups is 1. The van der Waals surface area contributed by atoms with Crippen LogP contribution in [0.25, 0.3) is 0 Å². The smallest absolute Gasteiger partial charge is 0.173 e. The van der Waals surface area contributed by atoms with Gasteiger partial charge >= 0.3 is 0 Å². The van der Waals surface area contributed by atoms with E-state index >= 15 is 0 Å². The fourth-order valence-corrected chi connectivity index (χ4v) is 2.90. The van der Waals surface area contributed by atoms with Crippen molar-refractivity contribution in [3.63, 3.8) is 0 Å². The van der Waals surface area contributed by atoms with Crippen LogP contribution in [-0.2, 0) is 4.74 Å². The molecule has 1 aromatic carbocycles. The maximum Gasteiger partial charge on any atom is 0.173 e. The van der Waals surface area contributed by atoms with Crippen LogP contribution in [0.15, 0.2) is 47.1 Å². The molecule has 0 radical (unpaired) electrons. The van der Waals surface area contributed by atoms with Gasteiger partial charge in [0.2, 0.25) is 0 Å². The molecule has 1 aromatic rings. The maximum absolute atomic E-state index is 12.1. The lowest BCUT2D eigenvalue weighted by Gasteiger charge is -2.18. The minimum absolute atomic E-state index is 0.0852. The van der Waals surface area contributed by atoms with E-state index in [0.717, 1.165) is 16.2 Å². The summed E-state index contributed by atoms with van der Waals surface area (Å²) < 4.78 is 5.51. The molecule has 0 aliphatic carbocycles. The molecule has 0 bridgehead atoms. The minimum atomic E-state index is 0.0852. The number of aryl methyl sites for hydroxylation is 1. The fraction of sp³-hybridized carbons (Fsp3) is 0.312. The van der Waals surface area contributed by atoms with E-state index in [-0.39, 0.29) is 11.9 Å². The Labute approximate surface area is 118 Å². The van der Waals surface area contributed by atoms with Crippen LogP contribution in [0, 0.1) is 6.92 Å². The highest BCUT2D eigenvalue weighted by Crippen LogP contribution is 2.25. The molecule has 1 aliphatic heterocycles. The van der Waals surface area contributed by atoms with Gasteiger partial charge in [0.1, 0.15) is 6.10 Å². The van der Waals surface area contributed by atoms with Gasteiger partial charge in [-0.05, 0) is 32.9 Å². The van der Waals surface area contributed by atoms with Crippen molar-refractivity contribution >= 4 is 17.5 Å². The van der Waals surface area contributed by atoms with Gasteiger partial charge < -0.3 is 4.74 Å². The highest BCUT2D eigenvalue weighted by molar-refractivity contribution is 8.03. The van der Waals surface area contributed by atoms with E-state index < -0.39 is 0 Å². The molecular weight excluding hydrogens is 256 g/mol. The van der Waals surface area contributed by atoms with Crippen molar-refractivity contribution in [3.05, 3.63) is 58.2 Å². The first-order valence-corrected chi connectivity index (χ1v) is 7.32. The lowest BCUT2D eigenvalue weighted by molar-refractivity contribution is 0.102. The second-order valence-corrected chi connectivity index (χ2v) is 5.77. The second-order valence-electron chi connectivity index (χ2n) is 4.72. The Morgan fingerprint density at radius 1 is 1.26 bits per heavy atom. The van der Waals surface area contributed by atoms with Crippen molar-refractivity contribution in [2.24, 2.45) is 0 Å². The van der Waals surface area contributed by atoms with E-state index in [4.69, 9.17) is 4.74 Å². The normalized spacial score (nSPS) is 18.4. The number of carbonyl (C=O) groups excluding carboxylic acids is 1. The lowest BCUT2D eigenvalue weighted by atomic mass is 10.1. The van der Waals surface area contributed by atoms with Gasteiger partial charge in [0.05, 0.1) is 11.5 Å². The zero-order valence-corrected chi connectivity index (χ0v) is 12.3. The quantitative estimate of drug-likeness (QED) is 0.773. The Bertz CT molecular complexity index is 526. The van der Waals surface area contributed by atoms with Crippen molar-refractivity contribution in [2.75, 3.05) is 5.75 Å². The third-order valence-electron chi connectivity index (χ3n) is 2.86. The van der Waals surface area contributed by atoms with Crippen molar-refractivity contribution < 1.29 is 9.53 Å². The molecule has 0 spiro atoms. The highest BCUT2D eigenvalue weighted by atomic mass is 32.2. The van der Waals surface area contributed by atoms with E-state index in [2.05, 4.69) is 0 Å². The van der Waals surface area contributed by atoms with E-state index in [0.29, 0.717) is 5.75 Å². The molecule has 19 heavy (non-hydrogen) atoms. The molecule has 100 valence electrons. The van der Waals surface area contributed by atoms with E-state index in [1.54, 1.807) is 11.8 Å². The number of thioether (sulfide) groups is 1. The summed E-state index contributed by atoms with van der Waals surface area (Å²) in [7, 11) is 0. The number of ether oxygens (including phenoxy) is 1. The predicted octanol–water partition coefficient (Wildman–Crippen LogP) is 4.12. The summed E-state index contributed by atoms with van der Waals surface area (Å²) in [6.45, 7) is 5.95. The third kappa shape index (κ3) is 4.00. The largest absolute Gasteiger partial charge is 0.491 e. The summed E-state index contributed by atoms with van der Waals surface area (Å²) in [4.78, 5) is 13.2. The first-order chi connectivity index (χ1) is 9.04. The summed E-state index contributed by atoms with van der Waals surface area (Å²) in [5, 5.41) is 0. The number of allylic oxidation sites excluding steroid dienone is 2. The number of hydrogen-bond acceptors (Lipinski definition) is 3. The van der Waals surface area contributed by atoms with E-state index in [1.165, 1.54) is 5.56 Å². The molecular formula is C16H18O2S. The molecule has 1 atom stereocenters. The molecule has 0 fully saturated rings.